The monoisotopic (exact) mass is 423 g/mol. The summed E-state index contributed by atoms with van der Waals surface area (Å²) in [6, 6.07) is 21.9. The minimum Gasteiger partial charge on any atom is -0.260 e. The number of hydrogen-bond donors (Lipinski definition) is 1. The van der Waals surface area contributed by atoms with Crippen LogP contribution >= 0.6 is 27.5 Å². The molecule has 0 saturated carbocycles. The van der Waals surface area contributed by atoms with Crippen LogP contribution in [-0.2, 0) is 0 Å². The van der Waals surface area contributed by atoms with E-state index in [2.05, 4.69) is 57.6 Å². The molecule has 26 heavy (non-hydrogen) atoms. The molecule has 0 aromatic heterocycles. The van der Waals surface area contributed by atoms with E-state index in [1.807, 2.05) is 42.5 Å². The molecule has 1 aliphatic heterocycles. The number of benzene rings is 3. The summed E-state index contributed by atoms with van der Waals surface area (Å²) in [5, 5.41) is 5.31. The standard InChI is InChI=1S/C21H15BrClN3/c1-13-2-4-14(5-3-13)20-18-12-17(23)10-11-19(18)24-21(26-25-20)15-6-8-16(22)9-7-15/h2-12H,1H3,(H,24,26). The lowest BCUT2D eigenvalue weighted by Crippen LogP contribution is -2.19. The Morgan fingerprint density at radius 2 is 1.58 bits per heavy atom. The maximum Gasteiger partial charge on any atom is 0.154 e. The van der Waals surface area contributed by atoms with Crippen molar-refractivity contribution in [2.45, 2.75) is 6.92 Å². The van der Waals surface area contributed by atoms with Crippen LogP contribution in [0.5, 0.6) is 0 Å². The van der Waals surface area contributed by atoms with Crippen LogP contribution in [0.2, 0.25) is 5.02 Å². The molecule has 1 N–H and O–H groups in total. The normalized spacial score (nSPS) is 13.2. The summed E-state index contributed by atoms with van der Waals surface area (Å²) < 4.78 is 1.02. The quantitative estimate of drug-likeness (QED) is 0.551. The lowest BCUT2D eigenvalue weighted by molar-refractivity contribution is 1.03. The van der Waals surface area contributed by atoms with Crippen LogP contribution in [0.15, 0.2) is 81.3 Å². The van der Waals surface area contributed by atoms with Crippen LogP contribution in [-0.4, -0.2) is 11.5 Å². The Kier molecular flexibility index (Phi) is 4.62. The number of hydrogen-bond acceptors (Lipinski definition) is 3. The van der Waals surface area contributed by atoms with E-state index in [1.54, 1.807) is 0 Å². The van der Waals surface area contributed by atoms with E-state index in [0.29, 0.717) is 10.9 Å². The van der Waals surface area contributed by atoms with Crippen molar-refractivity contribution in [3.05, 3.63) is 98.5 Å². The third kappa shape index (κ3) is 3.43. The molecule has 0 radical (unpaired) electrons. The average molecular weight is 425 g/mol. The fraction of sp³-hybridized carbons (Fsp3) is 0.0476. The smallest absolute Gasteiger partial charge is 0.154 e. The molecule has 0 amide bonds. The van der Waals surface area contributed by atoms with E-state index in [9.17, 15) is 0 Å². The number of aliphatic imine (C=N–C) groups is 1. The highest BCUT2D eigenvalue weighted by Gasteiger charge is 2.17. The van der Waals surface area contributed by atoms with Gasteiger partial charge >= 0.3 is 0 Å². The molecule has 0 spiro atoms. The largest absolute Gasteiger partial charge is 0.260 e. The summed E-state index contributed by atoms with van der Waals surface area (Å²) in [5.41, 5.74) is 8.86. The SMILES string of the molecule is Cc1ccc(C2=NNC(c3ccc(Br)cc3)=Nc3ccc(Cl)cc32)cc1. The van der Waals surface area contributed by atoms with Crippen LogP contribution < -0.4 is 5.43 Å². The molecule has 3 aromatic rings. The fourth-order valence-electron chi connectivity index (χ4n) is 2.78. The predicted molar refractivity (Wildman–Crippen MR) is 112 cm³/mol. The molecule has 5 heteroatoms. The van der Waals surface area contributed by atoms with Gasteiger partial charge in [-0.1, -0.05) is 69.5 Å². The molecule has 3 nitrogen and oxygen atoms in total. The van der Waals surface area contributed by atoms with Crippen molar-refractivity contribution in [1.82, 2.24) is 5.43 Å². The maximum atomic E-state index is 6.25. The van der Waals surface area contributed by atoms with Gasteiger partial charge in [0.25, 0.3) is 0 Å². The minimum absolute atomic E-state index is 0.658. The van der Waals surface area contributed by atoms with Crippen molar-refractivity contribution in [2.75, 3.05) is 0 Å². The summed E-state index contributed by atoms with van der Waals surface area (Å²) in [7, 11) is 0. The van der Waals surface area contributed by atoms with Crippen LogP contribution in [0, 0.1) is 6.92 Å². The number of amidine groups is 1. The van der Waals surface area contributed by atoms with Gasteiger partial charge < -0.3 is 0 Å². The first kappa shape index (κ1) is 17.0. The molecule has 0 atom stereocenters. The van der Waals surface area contributed by atoms with Gasteiger partial charge in [0.1, 0.15) is 5.71 Å². The van der Waals surface area contributed by atoms with Crippen LogP contribution in [0.4, 0.5) is 5.69 Å². The number of halogens is 2. The lowest BCUT2D eigenvalue weighted by atomic mass is 10.00. The summed E-state index contributed by atoms with van der Waals surface area (Å²) >= 11 is 9.71. The Balaban J connectivity index is 1.85. The second kappa shape index (κ2) is 7.06. The lowest BCUT2D eigenvalue weighted by Gasteiger charge is -2.08. The van der Waals surface area contributed by atoms with Gasteiger partial charge in [0.2, 0.25) is 0 Å². The third-order valence-corrected chi connectivity index (χ3v) is 4.93. The Bertz CT molecular complexity index is 1020. The minimum atomic E-state index is 0.658. The van der Waals surface area contributed by atoms with Crippen molar-refractivity contribution in [3.63, 3.8) is 0 Å². The van der Waals surface area contributed by atoms with Crippen molar-refractivity contribution < 1.29 is 0 Å². The molecule has 0 bridgehead atoms. The van der Waals surface area contributed by atoms with Crippen LogP contribution in [0.3, 0.4) is 0 Å². The Morgan fingerprint density at radius 3 is 2.31 bits per heavy atom. The first-order chi connectivity index (χ1) is 12.6. The highest BCUT2D eigenvalue weighted by Crippen LogP contribution is 2.28. The average Bonchev–Trinajstić information content (AvgIpc) is 2.83. The highest BCUT2D eigenvalue weighted by atomic mass is 79.9. The molecule has 0 aliphatic carbocycles. The zero-order valence-electron chi connectivity index (χ0n) is 14.0. The van der Waals surface area contributed by atoms with E-state index >= 15 is 0 Å². The second-order valence-electron chi connectivity index (χ2n) is 6.07. The molecule has 4 rings (SSSR count). The van der Waals surface area contributed by atoms with Gasteiger partial charge in [-0.3, -0.25) is 5.43 Å². The van der Waals surface area contributed by atoms with E-state index < -0.39 is 0 Å². The third-order valence-electron chi connectivity index (χ3n) is 4.16. The number of rotatable bonds is 2. The Hall–Kier alpha value is -2.43. The zero-order valence-corrected chi connectivity index (χ0v) is 16.3. The maximum absolute atomic E-state index is 6.25. The van der Waals surface area contributed by atoms with Gasteiger partial charge in [-0.25, -0.2) is 4.99 Å². The second-order valence-corrected chi connectivity index (χ2v) is 7.42. The van der Waals surface area contributed by atoms with Crippen LogP contribution in [0.25, 0.3) is 0 Å². The van der Waals surface area contributed by atoms with E-state index in [0.717, 1.165) is 32.6 Å². The van der Waals surface area contributed by atoms with Crippen molar-refractivity contribution in [1.29, 1.82) is 0 Å². The van der Waals surface area contributed by atoms with E-state index in [-0.39, 0.29) is 0 Å². The molecule has 0 saturated heterocycles. The predicted octanol–water partition coefficient (Wildman–Crippen LogP) is 5.84. The number of fused-ring (bicyclic) bond motifs is 1. The topological polar surface area (TPSA) is 36.8 Å². The van der Waals surface area contributed by atoms with Gasteiger partial charge in [-0.2, -0.15) is 5.10 Å². The fourth-order valence-corrected chi connectivity index (χ4v) is 3.21. The van der Waals surface area contributed by atoms with Gasteiger partial charge in [0, 0.05) is 26.2 Å². The van der Waals surface area contributed by atoms with Gasteiger partial charge in [-0.05, 0) is 37.3 Å². The van der Waals surface area contributed by atoms with Gasteiger partial charge in [0.15, 0.2) is 5.84 Å². The van der Waals surface area contributed by atoms with Crippen molar-refractivity contribution >= 4 is 44.8 Å². The molecule has 3 aromatic carbocycles. The Morgan fingerprint density at radius 1 is 0.885 bits per heavy atom. The van der Waals surface area contributed by atoms with Gasteiger partial charge in [0.05, 0.1) is 5.69 Å². The summed E-state index contributed by atoms with van der Waals surface area (Å²) in [5.74, 6) is 0.697. The molecular formula is C21H15BrClN3. The molecule has 0 unspecified atom stereocenters. The zero-order chi connectivity index (χ0) is 18.1. The van der Waals surface area contributed by atoms with Gasteiger partial charge in [-0.15, -0.1) is 0 Å². The Labute approximate surface area is 165 Å². The number of nitrogens with zero attached hydrogens (tertiary/aromatic N) is 2. The summed E-state index contributed by atoms with van der Waals surface area (Å²) in [6.45, 7) is 2.07. The van der Waals surface area contributed by atoms with Crippen LogP contribution in [0.1, 0.15) is 22.3 Å². The summed E-state index contributed by atoms with van der Waals surface area (Å²) in [6.07, 6.45) is 0. The molecule has 128 valence electrons. The van der Waals surface area contributed by atoms with Crippen molar-refractivity contribution in [2.24, 2.45) is 10.1 Å². The van der Waals surface area contributed by atoms with E-state index in [4.69, 9.17) is 16.6 Å². The highest BCUT2D eigenvalue weighted by molar-refractivity contribution is 9.10. The number of aryl methyl sites for hydroxylation is 1. The molecular weight excluding hydrogens is 410 g/mol. The first-order valence-electron chi connectivity index (χ1n) is 8.15. The number of hydrazone groups is 1. The number of nitrogens with one attached hydrogen (secondary N) is 1. The first-order valence-corrected chi connectivity index (χ1v) is 9.32. The molecule has 1 aliphatic rings. The molecule has 1 heterocycles. The summed E-state index contributed by atoms with van der Waals surface area (Å²) in [4.78, 5) is 4.79. The molecule has 0 fully saturated rings. The van der Waals surface area contributed by atoms with E-state index in [1.165, 1.54) is 5.56 Å². The van der Waals surface area contributed by atoms with Crippen molar-refractivity contribution in [3.8, 4) is 0 Å².